The van der Waals surface area contributed by atoms with Crippen LogP contribution in [0.4, 0.5) is 22.0 Å². The largest absolute Gasteiger partial charge is 0.586 e. The second-order valence-corrected chi connectivity index (χ2v) is 12.6. The van der Waals surface area contributed by atoms with E-state index in [1.54, 1.807) is 10.9 Å². The van der Waals surface area contributed by atoms with Crippen molar-refractivity contribution in [2.45, 2.75) is 49.3 Å². The number of amides is 2. The lowest BCUT2D eigenvalue weighted by Crippen LogP contribution is -2.51. The van der Waals surface area contributed by atoms with Crippen LogP contribution in [0.2, 0.25) is 5.02 Å². The third kappa shape index (κ3) is 5.31. The fraction of sp³-hybridized carbons (Fsp3) is 0.355. The molecule has 0 spiro atoms. The van der Waals surface area contributed by atoms with Gasteiger partial charge in [0.25, 0.3) is 5.91 Å². The smallest absolute Gasteiger partial charge is 0.494 e. The Morgan fingerprint density at radius 1 is 1.16 bits per heavy atom. The summed E-state index contributed by atoms with van der Waals surface area (Å²) in [4.78, 5) is 29.9. The zero-order valence-electron chi connectivity index (χ0n) is 25.5. The molecular formula is C31H25ClF5N5O7. The van der Waals surface area contributed by atoms with Crippen LogP contribution in [-0.2, 0) is 15.8 Å². The summed E-state index contributed by atoms with van der Waals surface area (Å²) in [7, 11) is 1.35. The van der Waals surface area contributed by atoms with Crippen LogP contribution in [0.5, 0.6) is 23.0 Å². The molecule has 4 N–H and O–H groups in total. The van der Waals surface area contributed by atoms with Gasteiger partial charge in [-0.15, -0.1) is 8.78 Å². The molecule has 49 heavy (non-hydrogen) atoms. The maximum atomic E-state index is 14.9. The average Bonchev–Trinajstić information content (AvgIpc) is 3.59. The monoisotopic (exact) mass is 709 g/mol. The maximum absolute atomic E-state index is 14.9. The van der Waals surface area contributed by atoms with Gasteiger partial charge in [-0.2, -0.15) is 18.3 Å². The molecule has 0 bridgehead atoms. The Morgan fingerprint density at radius 2 is 1.86 bits per heavy atom. The summed E-state index contributed by atoms with van der Waals surface area (Å²) in [6, 6.07) is 5.62. The number of aliphatic hydroxyl groups is 1. The Kier molecular flexibility index (Phi) is 7.19. The van der Waals surface area contributed by atoms with Crippen LogP contribution < -0.4 is 30.0 Å². The number of aromatic nitrogens is 3. The van der Waals surface area contributed by atoms with Crippen molar-refractivity contribution in [2.75, 3.05) is 20.3 Å². The number of nitrogens with one attached hydrogen (secondary N) is 1. The third-order valence-electron chi connectivity index (χ3n) is 8.75. The zero-order valence-corrected chi connectivity index (χ0v) is 26.2. The zero-order chi connectivity index (χ0) is 35.3. The number of hydrogen-bond acceptors (Lipinski definition) is 9. The Morgan fingerprint density at radius 3 is 2.49 bits per heavy atom. The summed E-state index contributed by atoms with van der Waals surface area (Å²) in [5, 5.41) is 18.2. The molecule has 1 unspecified atom stereocenters. The van der Waals surface area contributed by atoms with Crippen molar-refractivity contribution >= 4 is 34.3 Å². The molecule has 4 heterocycles. The van der Waals surface area contributed by atoms with E-state index < -0.39 is 71.3 Å². The van der Waals surface area contributed by atoms with Gasteiger partial charge < -0.3 is 35.1 Å². The number of nitrogens with two attached hydrogens (primary N) is 1. The van der Waals surface area contributed by atoms with Crippen molar-refractivity contribution in [3.8, 4) is 34.3 Å². The normalized spacial score (nSPS) is 20.4. The second kappa shape index (κ2) is 10.8. The highest BCUT2D eigenvalue weighted by molar-refractivity contribution is 6.33. The molecule has 18 heteroatoms. The lowest BCUT2D eigenvalue weighted by atomic mass is 9.81. The first kappa shape index (κ1) is 32.6. The van der Waals surface area contributed by atoms with Gasteiger partial charge in [0.1, 0.15) is 34.7 Å². The molecule has 2 amide bonds. The van der Waals surface area contributed by atoms with Crippen LogP contribution >= 0.6 is 11.6 Å². The topological polar surface area (TPSA) is 160 Å². The molecule has 7 rings (SSSR count). The molecule has 3 aliphatic rings. The van der Waals surface area contributed by atoms with Gasteiger partial charge in [0.05, 0.1) is 30.4 Å². The number of halogens is 6. The number of hydrogen-bond donors (Lipinski definition) is 3. The summed E-state index contributed by atoms with van der Waals surface area (Å²) in [6.45, 7) is -0.573. The number of carbonyl (C=O) groups excluding carboxylic acids is 2. The molecule has 2 aromatic heterocycles. The minimum Gasteiger partial charge on any atom is -0.494 e. The van der Waals surface area contributed by atoms with Crippen molar-refractivity contribution in [3.63, 3.8) is 0 Å². The molecule has 1 fully saturated rings. The number of rotatable bonds is 8. The van der Waals surface area contributed by atoms with Crippen molar-refractivity contribution in [3.05, 3.63) is 58.4 Å². The van der Waals surface area contributed by atoms with Crippen LogP contribution in [0.25, 0.3) is 22.2 Å². The number of nitrogens with zero attached hydrogens (tertiary/aromatic N) is 3. The summed E-state index contributed by atoms with van der Waals surface area (Å²) in [6.07, 6.45) is -5.97. The van der Waals surface area contributed by atoms with Crippen LogP contribution in [-0.4, -0.2) is 64.4 Å². The van der Waals surface area contributed by atoms with Gasteiger partial charge in [0, 0.05) is 34.3 Å². The number of benzene rings is 2. The van der Waals surface area contributed by atoms with E-state index in [4.69, 9.17) is 26.8 Å². The highest BCUT2D eigenvalue weighted by Crippen LogP contribution is 2.52. The van der Waals surface area contributed by atoms with Crippen LogP contribution in [0, 0.1) is 0 Å². The van der Waals surface area contributed by atoms with E-state index in [2.05, 4.69) is 24.9 Å². The lowest BCUT2D eigenvalue weighted by Gasteiger charge is -2.31. The van der Waals surface area contributed by atoms with E-state index in [9.17, 15) is 36.6 Å². The number of carbonyl (C=O) groups is 2. The first-order valence-corrected chi connectivity index (χ1v) is 15.0. The molecule has 1 aliphatic carbocycles. The number of primary amides is 1. The summed E-state index contributed by atoms with van der Waals surface area (Å²) < 4.78 is 94.0. The molecule has 0 saturated heterocycles. The molecule has 2 aliphatic heterocycles. The standard InChI is InChI=1S/C31H25ClF5N5O7/c1-28(27(38)44)12-47-25-17(28)8-22(40-24(25)16-7-19-20(9-18(16)32)49-31(36,37)48-19)29(45,30(33,34)35)11-39-26(43)13-5-14-10-42(15-3-4-15)41-23(14)21(6-13)46-2/h5-10,15,45H,3-4,11-12H2,1-2H3,(H2,38,44)(H,39,43)/t28-,29?/m0/s1. The number of fused-ring (bicyclic) bond motifs is 3. The third-order valence-corrected chi connectivity index (χ3v) is 9.07. The van der Waals surface area contributed by atoms with Gasteiger partial charge in [0.2, 0.25) is 11.5 Å². The van der Waals surface area contributed by atoms with E-state index in [1.165, 1.54) is 26.2 Å². The molecule has 258 valence electrons. The number of ether oxygens (including phenoxy) is 4. The van der Waals surface area contributed by atoms with Crippen molar-refractivity contribution in [1.82, 2.24) is 20.1 Å². The van der Waals surface area contributed by atoms with Gasteiger partial charge in [0.15, 0.2) is 11.5 Å². The number of pyridine rings is 1. The Bertz CT molecular complexity index is 2070. The minimum atomic E-state index is -5.48. The van der Waals surface area contributed by atoms with E-state index in [1.807, 2.05) is 0 Å². The molecule has 12 nitrogen and oxygen atoms in total. The van der Waals surface area contributed by atoms with E-state index in [0.717, 1.165) is 31.0 Å². The van der Waals surface area contributed by atoms with Crippen molar-refractivity contribution in [1.29, 1.82) is 0 Å². The average molecular weight is 710 g/mol. The van der Waals surface area contributed by atoms with Gasteiger partial charge in [-0.1, -0.05) is 11.6 Å². The minimum absolute atomic E-state index is 0.0783. The van der Waals surface area contributed by atoms with E-state index >= 15 is 0 Å². The number of alkyl halides is 5. The lowest BCUT2D eigenvalue weighted by molar-refractivity contribution is -0.286. The summed E-state index contributed by atoms with van der Waals surface area (Å²) in [5.74, 6) is -2.98. The molecule has 2 aromatic carbocycles. The van der Waals surface area contributed by atoms with Gasteiger partial charge in [-0.05, 0) is 44.0 Å². The maximum Gasteiger partial charge on any atom is 0.586 e. The summed E-state index contributed by atoms with van der Waals surface area (Å²) >= 11 is 6.36. The van der Waals surface area contributed by atoms with Crippen molar-refractivity contribution < 1.29 is 55.6 Å². The Labute approximate surface area is 277 Å². The summed E-state index contributed by atoms with van der Waals surface area (Å²) in [5.41, 5.74) is -1.59. The predicted molar refractivity (Wildman–Crippen MR) is 160 cm³/mol. The van der Waals surface area contributed by atoms with Crippen molar-refractivity contribution in [2.24, 2.45) is 5.73 Å². The fourth-order valence-corrected chi connectivity index (χ4v) is 5.96. The van der Waals surface area contributed by atoms with Crippen LogP contribution in [0.1, 0.15) is 47.4 Å². The highest BCUT2D eigenvalue weighted by Gasteiger charge is 2.58. The van der Waals surface area contributed by atoms with Gasteiger partial charge in [-0.25, -0.2) is 4.98 Å². The predicted octanol–water partition coefficient (Wildman–Crippen LogP) is 4.73. The highest BCUT2D eigenvalue weighted by atomic mass is 35.5. The first-order valence-electron chi connectivity index (χ1n) is 14.7. The molecular weight excluding hydrogens is 685 g/mol. The fourth-order valence-electron chi connectivity index (χ4n) is 5.72. The Hall–Kier alpha value is -4.90. The van der Waals surface area contributed by atoms with E-state index in [-0.39, 0.29) is 39.3 Å². The SMILES string of the molecule is COc1cc(C(=O)NCC(O)(c2cc3c(c(-c4cc5c(cc4Cl)OC(F)(F)O5)n2)OC[C@]3(C)C(N)=O)C(F)(F)F)cc2cn(C3CC3)nc12. The van der Waals surface area contributed by atoms with E-state index in [0.29, 0.717) is 10.9 Å². The molecule has 2 atom stereocenters. The molecule has 4 aromatic rings. The number of methoxy groups -OCH3 is 1. The van der Waals surface area contributed by atoms with Crippen LogP contribution in [0.3, 0.4) is 0 Å². The van der Waals surface area contributed by atoms with Crippen LogP contribution in [0.15, 0.2) is 36.5 Å². The molecule has 1 saturated carbocycles. The first-order chi connectivity index (χ1) is 22.9. The van der Waals surface area contributed by atoms with Gasteiger partial charge in [-0.3, -0.25) is 14.3 Å². The Balaban J connectivity index is 1.30. The second-order valence-electron chi connectivity index (χ2n) is 12.2. The molecule has 0 radical (unpaired) electrons. The van der Waals surface area contributed by atoms with Gasteiger partial charge >= 0.3 is 12.5 Å². The quantitative estimate of drug-likeness (QED) is 0.220.